The van der Waals surface area contributed by atoms with Gasteiger partial charge in [0.2, 0.25) is 0 Å². The summed E-state index contributed by atoms with van der Waals surface area (Å²) in [5.41, 5.74) is 4.68. The van der Waals surface area contributed by atoms with Gasteiger partial charge in [0.25, 0.3) is 0 Å². The molecule has 1 saturated carbocycles. The average Bonchev–Trinajstić information content (AvgIpc) is 3.10. The second-order valence-corrected chi connectivity index (χ2v) is 10.8. The van der Waals surface area contributed by atoms with Crippen LogP contribution in [0.5, 0.6) is 11.5 Å². The van der Waals surface area contributed by atoms with Crippen LogP contribution in [0.2, 0.25) is 0 Å². The maximum absolute atomic E-state index is 9.48. The first-order chi connectivity index (χ1) is 21.9. The molecule has 0 atom stereocenters. The van der Waals surface area contributed by atoms with Crippen molar-refractivity contribution in [1.29, 1.82) is 0 Å². The van der Waals surface area contributed by atoms with E-state index < -0.39 is 0 Å². The fourth-order valence-corrected chi connectivity index (χ4v) is 4.99. The van der Waals surface area contributed by atoms with Crippen molar-refractivity contribution in [3.05, 3.63) is 72.3 Å². The van der Waals surface area contributed by atoms with Crippen LogP contribution in [0.3, 0.4) is 0 Å². The van der Waals surface area contributed by atoms with Crippen LogP contribution in [0.25, 0.3) is 11.1 Å². The largest absolute Gasteiger partial charge is 0.493 e. The molecule has 3 rings (SSSR count). The fourth-order valence-electron chi connectivity index (χ4n) is 4.99. The lowest BCUT2D eigenvalue weighted by atomic mass is 9.77. The third kappa shape index (κ3) is 17.7. The molecule has 3 N–H and O–H groups in total. The zero-order chi connectivity index (χ0) is 33.9. The second-order valence-electron chi connectivity index (χ2n) is 10.8. The van der Waals surface area contributed by atoms with Crippen molar-refractivity contribution in [2.75, 3.05) is 47.3 Å². The van der Waals surface area contributed by atoms with E-state index in [1.165, 1.54) is 56.9 Å². The Bertz CT molecular complexity index is 1060. The van der Waals surface area contributed by atoms with Gasteiger partial charge < -0.3 is 34.3 Å². The van der Waals surface area contributed by atoms with Gasteiger partial charge in [0.05, 0.1) is 26.4 Å². The van der Waals surface area contributed by atoms with E-state index >= 15 is 0 Å². The summed E-state index contributed by atoms with van der Waals surface area (Å²) in [6.07, 6.45) is 12.0. The molecule has 45 heavy (non-hydrogen) atoms. The summed E-state index contributed by atoms with van der Waals surface area (Å²) >= 11 is 0. The molecule has 1 fully saturated rings. The Labute approximate surface area is 270 Å². The van der Waals surface area contributed by atoms with E-state index in [0.717, 1.165) is 41.2 Å². The van der Waals surface area contributed by atoms with Crippen LogP contribution in [0.4, 0.5) is 0 Å². The predicted molar refractivity (Wildman–Crippen MR) is 182 cm³/mol. The summed E-state index contributed by atoms with van der Waals surface area (Å²) in [5.74, 6) is 3.15. The summed E-state index contributed by atoms with van der Waals surface area (Å²) in [7, 11) is 2.67. The Morgan fingerprint density at radius 2 is 1.44 bits per heavy atom. The molecular formula is C37H56O8. The van der Waals surface area contributed by atoms with E-state index in [9.17, 15) is 9.90 Å². The number of benzene rings is 2. The summed E-state index contributed by atoms with van der Waals surface area (Å²) in [6.45, 7) is 12.5. The first-order valence-electron chi connectivity index (χ1n) is 15.7. The number of ether oxygens (including phenoxy) is 3. The molecule has 0 bridgehead atoms. The Morgan fingerprint density at radius 3 is 1.93 bits per heavy atom. The fraction of sp³-hybridized carbons (Fsp3) is 0.514. The van der Waals surface area contributed by atoms with Gasteiger partial charge in [-0.25, -0.2) is 0 Å². The Balaban J connectivity index is 0.00000170. The van der Waals surface area contributed by atoms with Crippen molar-refractivity contribution in [1.82, 2.24) is 0 Å². The van der Waals surface area contributed by atoms with Gasteiger partial charge in [-0.1, -0.05) is 70.0 Å². The summed E-state index contributed by atoms with van der Waals surface area (Å²) < 4.78 is 17.0. The molecule has 0 aromatic heterocycles. The number of hydrogen-bond donors (Lipinski definition) is 3. The first-order valence-corrected chi connectivity index (χ1v) is 15.7. The zero-order valence-electron chi connectivity index (χ0n) is 27.7. The number of hydrogen-bond acceptors (Lipinski definition) is 8. The zero-order valence-corrected chi connectivity index (χ0v) is 27.7. The minimum Gasteiger partial charge on any atom is -0.493 e. The van der Waals surface area contributed by atoms with Gasteiger partial charge in [-0.3, -0.25) is 4.79 Å². The van der Waals surface area contributed by atoms with Gasteiger partial charge in [-0.15, -0.1) is 0 Å². The van der Waals surface area contributed by atoms with Crippen LogP contribution < -0.4 is 9.47 Å². The van der Waals surface area contributed by atoms with E-state index in [1.54, 1.807) is 7.11 Å². The quantitative estimate of drug-likeness (QED) is 0.0765. The predicted octanol–water partition coefficient (Wildman–Crippen LogP) is 6.71. The number of methoxy groups -OCH3 is 1. The highest BCUT2D eigenvalue weighted by atomic mass is 16.5. The van der Waals surface area contributed by atoms with Crippen LogP contribution in [0.15, 0.2) is 66.8 Å². The van der Waals surface area contributed by atoms with Gasteiger partial charge in [-0.05, 0) is 71.9 Å². The topological polar surface area (TPSA) is 123 Å². The molecule has 0 aliphatic heterocycles. The lowest BCUT2D eigenvalue weighted by molar-refractivity contribution is -0.105. The monoisotopic (exact) mass is 628 g/mol. The molecule has 2 aromatic rings. The third-order valence-corrected chi connectivity index (χ3v) is 7.53. The van der Waals surface area contributed by atoms with Crippen LogP contribution >= 0.6 is 0 Å². The first kappa shape index (κ1) is 41.7. The smallest absolute Gasteiger partial charge is 0.147 e. The number of carbonyl (C=O) groups is 2. The van der Waals surface area contributed by atoms with Crippen LogP contribution in [0, 0.1) is 5.92 Å². The third-order valence-electron chi connectivity index (χ3n) is 7.53. The van der Waals surface area contributed by atoms with Gasteiger partial charge in [-0.2, -0.15) is 0 Å². The molecule has 0 saturated heterocycles. The van der Waals surface area contributed by atoms with Crippen molar-refractivity contribution in [2.45, 2.75) is 70.6 Å². The maximum atomic E-state index is 9.48. The van der Waals surface area contributed by atoms with Crippen molar-refractivity contribution >= 4 is 13.1 Å². The number of carbonyl (C=O) groups excluding carboxylic acids is 2. The lowest BCUT2D eigenvalue weighted by Crippen LogP contribution is -2.13. The van der Waals surface area contributed by atoms with E-state index in [4.69, 9.17) is 29.2 Å². The number of aliphatic hydroxyl groups is 3. The molecule has 0 unspecified atom stereocenters. The molecule has 252 valence electrons. The van der Waals surface area contributed by atoms with Gasteiger partial charge >= 0.3 is 0 Å². The van der Waals surface area contributed by atoms with Crippen molar-refractivity contribution < 1.29 is 39.1 Å². The van der Waals surface area contributed by atoms with Gasteiger partial charge in [0, 0.05) is 32.3 Å². The number of unbranched alkanes of at least 4 members (excludes halogenated alkanes) is 2. The normalized spacial score (nSPS) is 15.1. The maximum Gasteiger partial charge on any atom is 0.147 e. The van der Waals surface area contributed by atoms with E-state index in [-0.39, 0.29) is 18.8 Å². The molecule has 0 spiro atoms. The average molecular weight is 629 g/mol. The molecule has 0 radical (unpaired) electrons. The molecule has 8 heteroatoms. The molecule has 0 heterocycles. The Kier molecular flexibility index (Phi) is 25.1. The molecule has 8 nitrogen and oxygen atoms in total. The van der Waals surface area contributed by atoms with Crippen molar-refractivity contribution in [3.8, 4) is 22.6 Å². The van der Waals surface area contributed by atoms with E-state index in [2.05, 4.69) is 56.5 Å². The number of aldehydes is 1. The van der Waals surface area contributed by atoms with E-state index in [1.807, 2.05) is 12.9 Å². The minimum absolute atomic E-state index is 0.0123. The highest BCUT2D eigenvalue weighted by Gasteiger charge is 2.22. The summed E-state index contributed by atoms with van der Waals surface area (Å²) in [5, 5.41) is 24.2. The lowest BCUT2D eigenvalue weighted by Gasteiger charge is -2.29. The van der Waals surface area contributed by atoms with Crippen LogP contribution in [0.1, 0.15) is 76.2 Å². The van der Waals surface area contributed by atoms with E-state index in [0.29, 0.717) is 38.4 Å². The molecule has 1 aliphatic carbocycles. The standard InChI is InChI=1S/C31H44O4.C4H6O2.CH4O.CH2O/c1-4-5-6-7-25-8-10-26(11-9-25)27-12-14-28(15-13-27)29-20-30(34-17-16-24(2)23-32)22-31(21-29)35-19-18-33-3;1-4(2-5)3-6;2*1-2/h12-15,20-22,25-26,32H,2,4-11,16-19,23H2,1,3H3;2,6H,1,3H2;2H,1H3;1H2. The summed E-state index contributed by atoms with van der Waals surface area (Å²) in [6, 6.07) is 15.1. The summed E-state index contributed by atoms with van der Waals surface area (Å²) in [4.78, 5) is 17.5. The number of aliphatic hydroxyl groups excluding tert-OH is 3. The Hall–Kier alpha value is -3.30. The highest BCUT2D eigenvalue weighted by molar-refractivity contribution is 5.72. The highest BCUT2D eigenvalue weighted by Crippen LogP contribution is 2.39. The van der Waals surface area contributed by atoms with Crippen LogP contribution in [-0.4, -0.2) is 75.6 Å². The number of rotatable bonds is 17. The van der Waals surface area contributed by atoms with Gasteiger partial charge in [0.1, 0.15) is 31.2 Å². The van der Waals surface area contributed by atoms with Crippen molar-refractivity contribution in [2.24, 2.45) is 5.92 Å². The molecule has 1 aliphatic rings. The van der Waals surface area contributed by atoms with Crippen LogP contribution in [-0.2, 0) is 14.3 Å². The molecule has 0 amide bonds. The molecular weight excluding hydrogens is 572 g/mol. The minimum atomic E-state index is -0.233. The van der Waals surface area contributed by atoms with Crippen molar-refractivity contribution in [3.63, 3.8) is 0 Å². The Morgan fingerprint density at radius 1 is 0.844 bits per heavy atom. The SMILES string of the molecule is C=C(C=O)CO.C=C(CO)CCOc1cc(OCCOC)cc(-c2ccc(C3CCC(CCCCC)CC3)cc2)c1.C=O.CO. The molecule has 2 aromatic carbocycles. The van der Waals surface area contributed by atoms with Gasteiger partial charge in [0.15, 0.2) is 0 Å². The second kappa shape index (κ2) is 27.0.